The number of benzene rings is 1. The molecule has 2 rings (SSSR count). The molecule has 0 amide bonds. The summed E-state index contributed by atoms with van der Waals surface area (Å²) < 4.78 is 30.8. The summed E-state index contributed by atoms with van der Waals surface area (Å²) in [4.78, 5) is 0.288. The predicted octanol–water partition coefficient (Wildman–Crippen LogP) is 1.23. The van der Waals surface area contributed by atoms with E-state index in [1.165, 1.54) is 7.11 Å². The molecule has 1 heterocycles. The molecule has 0 aliphatic carbocycles. The fourth-order valence-electron chi connectivity index (χ4n) is 1.27. The zero-order chi connectivity index (χ0) is 10.2. The zero-order valence-electron chi connectivity index (χ0n) is 7.43. The van der Waals surface area contributed by atoms with Gasteiger partial charge in [0, 0.05) is 0 Å². The molecule has 0 N–H and O–H groups in total. The molecule has 0 fully saturated rings. The number of hydrogen-bond donors (Lipinski definition) is 0. The van der Waals surface area contributed by atoms with Crippen LogP contribution < -0.4 is 0 Å². The molecule has 2 aromatic rings. The van der Waals surface area contributed by atoms with Gasteiger partial charge in [-0.3, -0.25) is 0 Å². The van der Waals surface area contributed by atoms with E-state index >= 15 is 0 Å². The van der Waals surface area contributed by atoms with E-state index in [4.69, 9.17) is 0 Å². The van der Waals surface area contributed by atoms with Gasteiger partial charge in [0.25, 0.3) is 0 Å². The SMILES string of the molecule is COS(=O)(=O)c1cccc2[te]ccc12. The second kappa shape index (κ2) is 3.67. The molecule has 3 nitrogen and oxygen atoms in total. The molecule has 1 aromatic heterocycles. The van der Waals surface area contributed by atoms with Crippen LogP contribution >= 0.6 is 0 Å². The molecule has 0 saturated carbocycles. The number of hydrogen-bond acceptors (Lipinski definition) is 3. The van der Waals surface area contributed by atoms with Gasteiger partial charge in [-0.25, -0.2) is 0 Å². The fourth-order valence-corrected chi connectivity index (χ4v) is 4.67. The van der Waals surface area contributed by atoms with Crippen molar-refractivity contribution < 1.29 is 12.6 Å². The Morgan fingerprint density at radius 3 is 2.79 bits per heavy atom. The summed E-state index contributed by atoms with van der Waals surface area (Å²) in [7, 11) is -2.37. The van der Waals surface area contributed by atoms with Crippen LogP contribution in [0, 0.1) is 0 Å². The third-order valence-corrected chi connectivity index (χ3v) is 5.80. The normalized spacial score (nSPS) is 12.1. The van der Waals surface area contributed by atoms with Crippen molar-refractivity contribution >= 4 is 39.3 Å². The van der Waals surface area contributed by atoms with Crippen molar-refractivity contribution in [2.45, 2.75) is 4.90 Å². The average Bonchev–Trinajstić information content (AvgIpc) is 2.64. The van der Waals surface area contributed by atoms with Crippen molar-refractivity contribution in [3.8, 4) is 0 Å². The van der Waals surface area contributed by atoms with E-state index in [1.807, 2.05) is 12.1 Å². The van der Waals surface area contributed by atoms with E-state index < -0.39 is 10.1 Å². The monoisotopic (exact) mass is 326 g/mol. The van der Waals surface area contributed by atoms with Crippen LogP contribution in [-0.2, 0) is 14.3 Å². The van der Waals surface area contributed by atoms with Crippen LogP contribution in [0.1, 0.15) is 0 Å². The summed E-state index contributed by atoms with van der Waals surface area (Å²) in [6.45, 7) is 0. The molecule has 0 atom stereocenters. The summed E-state index contributed by atoms with van der Waals surface area (Å²) in [6.07, 6.45) is 0. The van der Waals surface area contributed by atoms with Gasteiger partial charge in [-0.2, -0.15) is 0 Å². The average molecular weight is 324 g/mol. The van der Waals surface area contributed by atoms with Gasteiger partial charge in [0.15, 0.2) is 0 Å². The van der Waals surface area contributed by atoms with E-state index in [0.29, 0.717) is 0 Å². The summed E-state index contributed by atoms with van der Waals surface area (Å²) in [5.74, 6) is 0. The van der Waals surface area contributed by atoms with E-state index in [9.17, 15) is 8.42 Å². The van der Waals surface area contributed by atoms with Gasteiger partial charge in [-0.05, 0) is 0 Å². The first-order valence-corrected chi connectivity index (χ1v) is 7.84. The van der Waals surface area contributed by atoms with Gasteiger partial charge < -0.3 is 0 Å². The van der Waals surface area contributed by atoms with Crippen molar-refractivity contribution in [2.75, 3.05) is 7.11 Å². The van der Waals surface area contributed by atoms with Crippen LogP contribution in [0.2, 0.25) is 0 Å². The van der Waals surface area contributed by atoms with Crippen molar-refractivity contribution in [1.82, 2.24) is 0 Å². The van der Waals surface area contributed by atoms with Gasteiger partial charge in [0.2, 0.25) is 0 Å². The molecule has 5 heteroatoms. The third kappa shape index (κ3) is 1.61. The Morgan fingerprint density at radius 1 is 1.29 bits per heavy atom. The van der Waals surface area contributed by atoms with Crippen molar-refractivity contribution in [3.05, 3.63) is 28.3 Å². The molecule has 1 aromatic carbocycles. The zero-order valence-corrected chi connectivity index (χ0v) is 10.6. The van der Waals surface area contributed by atoms with E-state index in [-0.39, 0.29) is 25.3 Å². The Hall–Kier alpha value is -0.340. The Balaban J connectivity index is 2.81. The second-order valence-electron chi connectivity index (χ2n) is 2.71. The first-order valence-electron chi connectivity index (χ1n) is 3.92. The van der Waals surface area contributed by atoms with Crippen LogP contribution in [0.25, 0.3) is 8.79 Å². The molecule has 0 spiro atoms. The fraction of sp³-hybridized carbons (Fsp3) is 0.111. The summed E-state index contributed by atoms with van der Waals surface area (Å²) in [5, 5.41) is 0.816. The first kappa shape index (κ1) is 10.2. The Labute approximate surface area is 92.1 Å². The van der Waals surface area contributed by atoms with Gasteiger partial charge in [0.1, 0.15) is 0 Å². The maximum atomic E-state index is 11.5. The molecule has 0 radical (unpaired) electrons. The van der Waals surface area contributed by atoms with E-state index in [2.05, 4.69) is 8.27 Å². The van der Waals surface area contributed by atoms with Crippen LogP contribution in [0.15, 0.2) is 33.2 Å². The van der Waals surface area contributed by atoms with Crippen molar-refractivity contribution in [1.29, 1.82) is 0 Å². The summed E-state index contributed by atoms with van der Waals surface area (Å²) >= 11 is -0.320. The van der Waals surface area contributed by atoms with Gasteiger partial charge in [0.05, 0.1) is 0 Å². The van der Waals surface area contributed by atoms with Crippen LogP contribution in [0.4, 0.5) is 0 Å². The molecular weight excluding hydrogens is 316 g/mol. The molecule has 0 unspecified atom stereocenters. The molecule has 0 saturated heterocycles. The van der Waals surface area contributed by atoms with Crippen LogP contribution in [0.5, 0.6) is 0 Å². The van der Waals surface area contributed by atoms with Crippen molar-refractivity contribution in [3.63, 3.8) is 0 Å². The summed E-state index contributed by atoms with van der Waals surface area (Å²) in [5.41, 5.74) is 0. The Bertz CT molecular complexity index is 556. The second-order valence-corrected chi connectivity index (χ2v) is 7.10. The number of rotatable bonds is 2. The Kier molecular flexibility index (Phi) is 2.67. The summed E-state index contributed by atoms with van der Waals surface area (Å²) in [6, 6.07) is 7.21. The standard InChI is InChI=1S/C9H8O3STe/c1-12-13(10,11)8-3-2-4-9-7(8)5-6-14-9/h2-6H,1H3. The van der Waals surface area contributed by atoms with Gasteiger partial charge in [-0.1, -0.05) is 0 Å². The molecule has 0 bridgehead atoms. The number of fused-ring (bicyclic) bond motifs is 1. The Morgan fingerprint density at radius 2 is 2.07 bits per heavy atom. The molecule has 0 aliphatic rings. The van der Waals surface area contributed by atoms with Gasteiger partial charge in [-0.15, -0.1) is 0 Å². The minimum atomic E-state index is -3.55. The third-order valence-electron chi connectivity index (χ3n) is 1.94. The van der Waals surface area contributed by atoms with Crippen LogP contribution in [0.3, 0.4) is 0 Å². The van der Waals surface area contributed by atoms with E-state index in [0.717, 1.165) is 8.79 Å². The van der Waals surface area contributed by atoms with E-state index in [1.54, 1.807) is 12.1 Å². The first-order chi connectivity index (χ1) is 6.65. The molecule has 0 aliphatic heterocycles. The van der Waals surface area contributed by atoms with Gasteiger partial charge >= 0.3 is 92.3 Å². The molecule has 14 heavy (non-hydrogen) atoms. The minimum absolute atomic E-state index is 0.288. The predicted molar refractivity (Wildman–Crippen MR) is 55.1 cm³/mol. The maximum absolute atomic E-state index is 11.5. The van der Waals surface area contributed by atoms with Crippen LogP contribution in [-0.4, -0.2) is 36.0 Å². The quantitative estimate of drug-likeness (QED) is 0.617. The topological polar surface area (TPSA) is 43.4 Å². The van der Waals surface area contributed by atoms with Crippen molar-refractivity contribution in [2.24, 2.45) is 0 Å². The molecule has 74 valence electrons. The molecular formula is C9H8O3STe.